The molecule has 1 aliphatic heterocycles. The lowest BCUT2D eigenvalue weighted by molar-refractivity contribution is -0.157. The first-order valence-electron chi connectivity index (χ1n) is 13.1. The number of nitrogens with one attached hydrogen (secondary N) is 2. The van der Waals surface area contributed by atoms with Gasteiger partial charge in [-0.2, -0.15) is 4.99 Å². The number of nitrogens with zero attached hydrogens (tertiary/aromatic N) is 2. The highest BCUT2D eigenvalue weighted by Gasteiger charge is 2.33. The van der Waals surface area contributed by atoms with Gasteiger partial charge in [0.2, 0.25) is 15.9 Å². The number of hydrogen-bond acceptors (Lipinski definition) is 7. The van der Waals surface area contributed by atoms with E-state index in [2.05, 4.69) is 15.1 Å². The van der Waals surface area contributed by atoms with Crippen molar-refractivity contribution < 1.29 is 32.3 Å². The maximum Gasteiger partial charge on any atom is 0.435 e. The standard InChI is InChI=1S/C29H31N5O7S/c30-27(32-29(37)41-19-22-7-3-1-4-8-22)24-13-11-21(12-14-24)18-31-26(35)17-25-28(36)34(15-16-40-25)33-42(38,39)20-23-9-5-2-6-10-23/h1-14,25,33H,15-20H2,(H,31,35)(H2,30,32,37)/t25-/m1/s1. The topological polar surface area (TPSA) is 169 Å². The minimum Gasteiger partial charge on any atom is -0.443 e. The first kappa shape index (κ1) is 30.4. The number of benzene rings is 3. The van der Waals surface area contributed by atoms with Crippen molar-refractivity contribution >= 4 is 33.8 Å². The third kappa shape index (κ3) is 9.23. The van der Waals surface area contributed by atoms with Crippen molar-refractivity contribution in [1.29, 1.82) is 0 Å². The van der Waals surface area contributed by atoms with Gasteiger partial charge >= 0.3 is 6.09 Å². The molecule has 3 amide bonds. The highest BCUT2D eigenvalue weighted by molar-refractivity contribution is 7.88. The molecule has 4 N–H and O–H groups in total. The Balaban J connectivity index is 1.23. The molecule has 3 aromatic rings. The summed E-state index contributed by atoms with van der Waals surface area (Å²) in [5.74, 6) is -1.40. The first-order chi connectivity index (χ1) is 20.2. The van der Waals surface area contributed by atoms with Crippen molar-refractivity contribution in [3.63, 3.8) is 0 Å². The van der Waals surface area contributed by atoms with E-state index in [9.17, 15) is 22.8 Å². The maximum atomic E-state index is 12.8. The smallest absolute Gasteiger partial charge is 0.435 e. The summed E-state index contributed by atoms with van der Waals surface area (Å²) >= 11 is 0. The fraction of sp³-hybridized carbons (Fsp3) is 0.241. The van der Waals surface area contributed by atoms with Crippen LogP contribution in [-0.2, 0) is 48.0 Å². The van der Waals surface area contributed by atoms with Crippen LogP contribution in [0.1, 0.15) is 28.7 Å². The fourth-order valence-corrected chi connectivity index (χ4v) is 5.23. The minimum atomic E-state index is -3.84. The number of carbonyl (C=O) groups is 3. The number of sulfonamides is 1. The van der Waals surface area contributed by atoms with E-state index < -0.39 is 34.0 Å². The number of rotatable bonds is 11. The molecule has 12 nitrogen and oxygen atoms in total. The van der Waals surface area contributed by atoms with E-state index in [1.807, 2.05) is 30.3 Å². The van der Waals surface area contributed by atoms with Gasteiger partial charge in [-0.3, -0.25) is 14.6 Å². The van der Waals surface area contributed by atoms with Gasteiger partial charge in [0.05, 0.1) is 25.3 Å². The molecule has 220 valence electrons. The summed E-state index contributed by atoms with van der Waals surface area (Å²) in [4.78, 5) is 43.4. The van der Waals surface area contributed by atoms with Crippen LogP contribution < -0.4 is 15.9 Å². The zero-order valence-electron chi connectivity index (χ0n) is 22.6. The van der Waals surface area contributed by atoms with Gasteiger partial charge in [0.1, 0.15) is 18.5 Å². The molecule has 4 rings (SSSR count). The minimum absolute atomic E-state index is 0.0134. The number of amides is 3. The second-order valence-electron chi connectivity index (χ2n) is 9.40. The predicted molar refractivity (Wildman–Crippen MR) is 154 cm³/mol. The number of amidine groups is 1. The fourth-order valence-electron chi connectivity index (χ4n) is 4.02. The van der Waals surface area contributed by atoms with E-state index in [0.29, 0.717) is 11.1 Å². The zero-order valence-corrected chi connectivity index (χ0v) is 23.5. The van der Waals surface area contributed by atoms with Crippen molar-refractivity contribution in [1.82, 2.24) is 15.2 Å². The van der Waals surface area contributed by atoms with E-state index in [-0.39, 0.29) is 44.3 Å². The Morgan fingerprint density at radius 3 is 2.26 bits per heavy atom. The summed E-state index contributed by atoms with van der Waals surface area (Å²) < 4.78 is 35.6. The van der Waals surface area contributed by atoms with Crippen LogP contribution in [0.15, 0.2) is 89.9 Å². The van der Waals surface area contributed by atoms with Crippen LogP contribution >= 0.6 is 0 Å². The van der Waals surface area contributed by atoms with Crippen molar-refractivity contribution in [2.75, 3.05) is 13.2 Å². The molecule has 1 heterocycles. The molecule has 0 unspecified atom stereocenters. The molecule has 13 heteroatoms. The largest absolute Gasteiger partial charge is 0.443 e. The van der Waals surface area contributed by atoms with Gasteiger partial charge in [-0.1, -0.05) is 84.9 Å². The molecule has 1 fully saturated rings. The highest BCUT2D eigenvalue weighted by Crippen LogP contribution is 2.12. The molecule has 3 aromatic carbocycles. The third-order valence-electron chi connectivity index (χ3n) is 6.15. The van der Waals surface area contributed by atoms with Crippen molar-refractivity contribution in [2.45, 2.75) is 31.4 Å². The second-order valence-corrected chi connectivity index (χ2v) is 11.1. The van der Waals surface area contributed by atoms with Crippen LogP contribution in [0.4, 0.5) is 4.79 Å². The Hall–Kier alpha value is -4.59. The van der Waals surface area contributed by atoms with Gasteiger partial charge in [0.25, 0.3) is 5.91 Å². The Labute approximate surface area is 243 Å². The summed E-state index contributed by atoms with van der Waals surface area (Å²) in [6.45, 7) is 0.328. The molecule has 1 saturated heterocycles. The monoisotopic (exact) mass is 593 g/mol. The Morgan fingerprint density at radius 1 is 0.952 bits per heavy atom. The van der Waals surface area contributed by atoms with Crippen LogP contribution in [-0.4, -0.2) is 56.4 Å². The number of hydrogen-bond donors (Lipinski definition) is 3. The van der Waals surface area contributed by atoms with E-state index in [4.69, 9.17) is 15.2 Å². The number of carbonyl (C=O) groups excluding carboxylic acids is 3. The molecule has 0 aliphatic carbocycles. The van der Waals surface area contributed by atoms with E-state index in [0.717, 1.165) is 16.1 Å². The summed E-state index contributed by atoms with van der Waals surface area (Å²) in [7, 11) is -3.84. The lowest BCUT2D eigenvalue weighted by Crippen LogP contribution is -2.56. The molecule has 42 heavy (non-hydrogen) atoms. The van der Waals surface area contributed by atoms with Crippen molar-refractivity contribution in [3.8, 4) is 0 Å². The molecular formula is C29H31N5O7S. The molecule has 1 atom stereocenters. The average Bonchev–Trinajstić information content (AvgIpc) is 2.98. The average molecular weight is 594 g/mol. The number of morpholine rings is 1. The number of aliphatic imine (C=N–C) groups is 1. The third-order valence-corrected chi connectivity index (χ3v) is 7.36. The maximum absolute atomic E-state index is 12.8. The molecule has 0 spiro atoms. The predicted octanol–water partition coefficient (Wildman–Crippen LogP) is 2.00. The number of ether oxygens (including phenoxy) is 2. The van der Waals surface area contributed by atoms with E-state index in [1.165, 1.54) is 0 Å². The van der Waals surface area contributed by atoms with Gasteiger partial charge in [-0.05, 0) is 16.7 Å². The number of hydrazine groups is 1. The van der Waals surface area contributed by atoms with Crippen LogP contribution in [0.2, 0.25) is 0 Å². The summed E-state index contributed by atoms with van der Waals surface area (Å²) in [5, 5.41) is 3.69. The van der Waals surface area contributed by atoms with E-state index in [1.54, 1.807) is 54.6 Å². The SMILES string of the molecule is N/C(=N\C(=O)OCc1ccccc1)c1ccc(CNC(=O)C[C@H]2OCCN(NS(=O)(=O)Cc3ccccc3)C2=O)cc1. The van der Waals surface area contributed by atoms with Gasteiger partial charge in [0.15, 0.2) is 0 Å². The lowest BCUT2D eigenvalue weighted by Gasteiger charge is -2.32. The molecule has 1 aliphatic rings. The summed E-state index contributed by atoms with van der Waals surface area (Å²) in [6.07, 6.45) is -2.22. The van der Waals surface area contributed by atoms with Gasteiger partial charge in [-0.25, -0.2) is 13.2 Å². The first-order valence-corrected chi connectivity index (χ1v) is 14.7. The quantitative estimate of drug-likeness (QED) is 0.224. The Morgan fingerprint density at radius 2 is 1.60 bits per heavy atom. The van der Waals surface area contributed by atoms with Crippen LogP contribution in [0.5, 0.6) is 0 Å². The normalized spacial score (nSPS) is 15.7. The van der Waals surface area contributed by atoms with E-state index >= 15 is 0 Å². The van der Waals surface area contributed by atoms with Gasteiger partial charge < -0.3 is 20.5 Å². The van der Waals surface area contributed by atoms with Gasteiger partial charge in [-0.15, -0.1) is 4.83 Å². The highest BCUT2D eigenvalue weighted by atomic mass is 32.2. The Kier molecular flexibility index (Phi) is 10.4. The molecule has 0 radical (unpaired) electrons. The Bertz CT molecular complexity index is 1510. The second kappa shape index (κ2) is 14.3. The van der Waals surface area contributed by atoms with Crippen LogP contribution in [0.3, 0.4) is 0 Å². The molecule has 0 saturated carbocycles. The molecule has 0 bridgehead atoms. The van der Waals surface area contributed by atoms with Gasteiger partial charge in [0, 0.05) is 12.1 Å². The molecule has 0 aromatic heterocycles. The van der Waals surface area contributed by atoms with Crippen molar-refractivity contribution in [3.05, 3.63) is 107 Å². The zero-order chi connectivity index (χ0) is 30.0. The summed E-state index contributed by atoms with van der Waals surface area (Å²) in [5.41, 5.74) is 8.56. The summed E-state index contributed by atoms with van der Waals surface area (Å²) in [6, 6.07) is 24.5. The number of nitrogens with two attached hydrogens (primary N) is 1. The van der Waals surface area contributed by atoms with Crippen LogP contribution in [0, 0.1) is 0 Å². The lowest BCUT2D eigenvalue weighted by atomic mass is 10.1. The van der Waals surface area contributed by atoms with Crippen molar-refractivity contribution in [2.24, 2.45) is 10.7 Å². The molecular weight excluding hydrogens is 562 g/mol. The van der Waals surface area contributed by atoms with Crippen LogP contribution in [0.25, 0.3) is 0 Å².